The number of rotatable bonds is 8. The summed E-state index contributed by atoms with van der Waals surface area (Å²) in [6.07, 6.45) is 1.48. The Bertz CT molecular complexity index is 1100. The molecule has 3 aromatic rings. The van der Waals surface area contributed by atoms with Gasteiger partial charge in [0.25, 0.3) is 10.0 Å². The van der Waals surface area contributed by atoms with Crippen LogP contribution < -0.4 is 10.0 Å². The lowest BCUT2D eigenvalue weighted by atomic mass is 10.2. The Morgan fingerprint density at radius 1 is 1.07 bits per heavy atom. The van der Waals surface area contributed by atoms with Crippen LogP contribution in [0, 0.1) is 6.92 Å². The summed E-state index contributed by atoms with van der Waals surface area (Å²) in [6, 6.07) is 17.6. The number of sulfonamides is 1. The number of nitrogens with one attached hydrogen (secondary N) is 2. The molecule has 0 unspecified atom stereocenters. The molecule has 0 fully saturated rings. The first-order valence-corrected chi connectivity index (χ1v) is 11.8. The number of nitrogens with zero attached hydrogens (tertiary/aromatic N) is 2. The Hall–Kier alpha value is -2.91. The first-order valence-electron chi connectivity index (χ1n) is 9.22. The van der Waals surface area contributed by atoms with Crippen LogP contribution in [0.2, 0.25) is 0 Å². The van der Waals surface area contributed by atoms with Gasteiger partial charge in [0, 0.05) is 23.3 Å². The summed E-state index contributed by atoms with van der Waals surface area (Å²) in [6.45, 7) is 3.59. The van der Waals surface area contributed by atoms with Crippen molar-refractivity contribution in [3.63, 3.8) is 0 Å². The minimum atomic E-state index is -3.82. The van der Waals surface area contributed by atoms with Crippen molar-refractivity contribution in [2.45, 2.75) is 29.7 Å². The molecule has 0 saturated carbocycles. The predicted octanol–water partition coefficient (Wildman–Crippen LogP) is 3.85. The minimum Gasteiger partial charge on any atom is -0.325 e. The van der Waals surface area contributed by atoms with E-state index in [2.05, 4.69) is 20.0 Å². The summed E-state index contributed by atoms with van der Waals surface area (Å²) < 4.78 is 27.3. The minimum absolute atomic E-state index is 0.0108. The van der Waals surface area contributed by atoms with Gasteiger partial charge in [-0.3, -0.25) is 4.79 Å². The van der Waals surface area contributed by atoms with Crippen molar-refractivity contribution in [1.82, 2.24) is 9.97 Å². The third-order valence-corrected chi connectivity index (χ3v) is 6.72. The van der Waals surface area contributed by atoms with E-state index < -0.39 is 10.0 Å². The van der Waals surface area contributed by atoms with Gasteiger partial charge in [-0.2, -0.15) is 0 Å². The summed E-state index contributed by atoms with van der Waals surface area (Å²) in [4.78, 5) is 20.4. The van der Waals surface area contributed by atoms with Gasteiger partial charge < -0.3 is 5.32 Å². The number of amides is 1. The number of aromatic nitrogens is 2. The molecule has 0 aliphatic carbocycles. The van der Waals surface area contributed by atoms with Crippen LogP contribution in [0.15, 0.2) is 71.8 Å². The van der Waals surface area contributed by atoms with Crippen LogP contribution in [0.1, 0.15) is 18.2 Å². The summed E-state index contributed by atoms with van der Waals surface area (Å²) in [5, 5.41) is 2.56. The van der Waals surface area contributed by atoms with E-state index in [9.17, 15) is 13.2 Å². The lowest BCUT2D eigenvalue weighted by Gasteiger charge is -2.13. The second-order valence-electron chi connectivity index (χ2n) is 6.58. The summed E-state index contributed by atoms with van der Waals surface area (Å²) >= 11 is 1.53. The van der Waals surface area contributed by atoms with E-state index >= 15 is 0 Å². The Balaban J connectivity index is 1.58. The van der Waals surface area contributed by atoms with Crippen LogP contribution in [-0.4, -0.2) is 29.5 Å². The monoisotopic (exact) mass is 442 g/mol. The normalized spacial score (nSPS) is 12.2. The Kier molecular flexibility index (Phi) is 7.07. The largest absolute Gasteiger partial charge is 0.325 e. The average Bonchev–Trinajstić information content (AvgIpc) is 2.73. The Morgan fingerprint density at radius 2 is 1.77 bits per heavy atom. The van der Waals surface area contributed by atoms with Crippen LogP contribution in [0.25, 0.3) is 0 Å². The second-order valence-corrected chi connectivity index (χ2v) is 9.59. The maximum absolute atomic E-state index is 12.5. The SMILES string of the molecule is Cc1ccnc(NS(=O)(=O)c2ccc(NC(=O)[C@@H](C)SCc3ccccc3)cc2)n1. The van der Waals surface area contributed by atoms with Crippen molar-refractivity contribution in [3.8, 4) is 0 Å². The molecular formula is C21H22N4O3S2. The van der Waals surface area contributed by atoms with Crippen LogP contribution in [-0.2, 0) is 20.6 Å². The van der Waals surface area contributed by atoms with E-state index in [1.54, 1.807) is 25.1 Å². The molecule has 0 aliphatic rings. The fourth-order valence-electron chi connectivity index (χ4n) is 2.51. The number of carbonyl (C=O) groups excluding carboxylic acids is 1. The summed E-state index contributed by atoms with van der Waals surface area (Å²) in [7, 11) is -3.82. The molecule has 7 nitrogen and oxygen atoms in total. The molecule has 0 aliphatic heterocycles. The molecule has 0 saturated heterocycles. The highest BCUT2D eigenvalue weighted by Crippen LogP contribution is 2.21. The van der Waals surface area contributed by atoms with E-state index in [0.29, 0.717) is 11.4 Å². The number of anilines is 2. The standard InChI is InChI=1S/C21H22N4O3S2/c1-15-12-13-22-21(23-15)25-30(27,28)19-10-8-18(9-11-19)24-20(26)16(2)29-14-17-6-4-3-5-7-17/h3-13,16H,14H2,1-2H3,(H,24,26)(H,22,23,25)/t16-/m1/s1. The highest BCUT2D eigenvalue weighted by Gasteiger charge is 2.17. The molecule has 0 bridgehead atoms. The van der Waals surface area contributed by atoms with E-state index in [1.807, 2.05) is 37.3 Å². The van der Waals surface area contributed by atoms with E-state index in [4.69, 9.17) is 0 Å². The zero-order chi connectivity index (χ0) is 21.6. The second kappa shape index (κ2) is 9.73. The molecule has 1 amide bonds. The molecule has 1 aromatic heterocycles. The Labute approximate surface area is 180 Å². The molecular weight excluding hydrogens is 420 g/mol. The van der Waals surface area contributed by atoms with Gasteiger partial charge in [-0.25, -0.2) is 23.1 Å². The first-order chi connectivity index (χ1) is 14.3. The van der Waals surface area contributed by atoms with Gasteiger partial charge in [0.15, 0.2) is 0 Å². The quantitative estimate of drug-likeness (QED) is 0.550. The predicted molar refractivity (Wildman–Crippen MR) is 120 cm³/mol. The summed E-state index contributed by atoms with van der Waals surface area (Å²) in [5.41, 5.74) is 2.33. The van der Waals surface area contributed by atoms with Gasteiger partial charge in [-0.15, -0.1) is 11.8 Å². The maximum atomic E-state index is 12.5. The first kappa shape index (κ1) is 21.8. The van der Waals surface area contributed by atoms with Gasteiger partial charge in [-0.05, 0) is 49.7 Å². The number of aryl methyl sites for hydroxylation is 1. The average molecular weight is 443 g/mol. The van der Waals surface area contributed by atoms with Crippen molar-refractivity contribution >= 4 is 39.3 Å². The molecule has 3 rings (SSSR count). The number of benzene rings is 2. The van der Waals surface area contributed by atoms with Gasteiger partial charge in [-0.1, -0.05) is 30.3 Å². The molecule has 1 heterocycles. The highest BCUT2D eigenvalue weighted by molar-refractivity contribution is 7.99. The van der Waals surface area contributed by atoms with E-state index in [-0.39, 0.29) is 22.0 Å². The Morgan fingerprint density at radius 3 is 2.43 bits per heavy atom. The number of hydrogen-bond acceptors (Lipinski definition) is 6. The third kappa shape index (κ3) is 6.04. The van der Waals surface area contributed by atoms with Gasteiger partial charge in [0.1, 0.15) is 0 Å². The number of thioether (sulfide) groups is 1. The molecule has 9 heteroatoms. The molecule has 2 aromatic carbocycles. The van der Waals surface area contributed by atoms with Crippen molar-refractivity contribution in [2.75, 3.05) is 10.0 Å². The highest BCUT2D eigenvalue weighted by atomic mass is 32.2. The number of hydrogen-bond donors (Lipinski definition) is 2. The van der Waals surface area contributed by atoms with Crippen molar-refractivity contribution in [3.05, 3.63) is 78.1 Å². The number of carbonyl (C=O) groups is 1. The fourth-order valence-corrected chi connectivity index (χ4v) is 4.31. The van der Waals surface area contributed by atoms with Crippen LogP contribution in [0.5, 0.6) is 0 Å². The van der Waals surface area contributed by atoms with Crippen LogP contribution in [0.3, 0.4) is 0 Å². The van der Waals surface area contributed by atoms with Crippen molar-refractivity contribution in [2.24, 2.45) is 0 Å². The molecule has 1 atom stereocenters. The maximum Gasteiger partial charge on any atom is 0.264 e. The van der Waals surface area contributed by atoms with Gasteiger partial charge in [0.05, 0.1) is 10.1 Å². The molecule has 30 heavy (non-hydrogen) atoms. The lowest BCUT2D eigenvalue weighted by molar-refractivity contribution is -0.115. The molecule has 2 N–H and O–H groups in total. The molecule has 156 valence electrons. The smallest absolute Gasteiger partial charge is 0.264 e. The van der Waals surface area contributed by atoms with Crippen molar-refractivity contribution < 1.29 is 13.2 Å². The van der Waals surface area contributed by atoms with Crippen LogP contribution in [0.4, 0.5) is 11.6 Å². The van der Waals surface area contributed by atoms with E-state index in [0.717, 1.165) is 11.3 Å². The third-order valence-electron chi connectivity index (χ3n) is 4.16. The molecule has 0 radical (unpaired) electrons. The van der Waals surface area contributed by atoms with Gasteiger partial charge >= 0.3 is 0 Å². The van der Waals surface area contributed by atoms with Crippen molar-refractivity contribution in [1.29, 1.82) is 0 Å². The zero-order valence-electron chi connectivity index (χ0n) is 16.6. The van der Waals surface area contributed by atoms with Crippen LogP contribution >= 0.6 is 11.8 Å². The zero-order valence-corrected chi connectivity index (χ0v) is 18.2. The fraction of sp³-hybridized carbons (Fsp3) is 0.190. The van der Waals surface area contributed by atoms with Gasteiger partial charge in [0.2, 0.25) is 11.9 Å². The topological polar surface area (TPSA) is 101 Å². The summed E-state index contributed by atoms with van der Waals surface area (Å²) in [5.74, 6) is 0.605. The van der Waals surface area contributed by atoms with E-state index in [1.165, 1.54) is 30.1 Å². The lowest BCUT2D eigenvalue weighted by Crippen LogP contribution is -2.22. The molecule has 0 spiro atoms.